The van der Waals surface area contributed by atoms with Crippen molar-refractivity contribution in [1.29, 1.82) is 0 Å². The first-order chi connectivity index (χ1) is 7.95. The first-order valence-electron chi connectivity index (χ1n) is 5.93. The zero-order chi connectivity index (χ0) is 12.9. The zero-order valence-electron chi connectivity index (χ0n) is 11.0. The SMILES string of the molecule is CCOC(=O)C(C)(C)NCCc1ccc(C)o1. The Morgan fingerprint density at radius 2 is 2.18 bits per heavy atom. The van der Waals surface area contributed by atoms with Crippen molar-refractivity contribution in [2.45, 2.75) is 39.7 Å². The Bertz CT molecular complexity index is 368. The first-order valence-corrected chi connectivity index (χ1v) is 5.93. The molecule has 0 aromatic carbocycles. The van der Waals surface area contributed by atoms with Gasteiger partial charge in [0.1, 0.15) is 17.1 Å². The second-order valence-corrected chi connectivity index (χ2v) is 4.53. The smallest absolute Gasteiger partial charge is 0.325 e. The van der Waals surface area contributed by atoms with Crippen LogP contribution in [-0.4, -0.2) is 24.7 Å². The summed E-state index contributed by atoms with van der Waals surface area (Å²) in [5.41, 5.74) is -0.655. The molecule has 4 heteroatoms. The molecule has 1 rings (SSSR count). The molecule has 4 nitrogen and oxygen atoms in total. The van der Waals surface area contributed by atoms with Crippen LogP contribution in [0.25, 0.3) is 0 Å². The molecule has 0 aliphatic heterocycles. The van der Waals surface area contributed by atoms with Crippen molar-refractivity contribution in [3.63, 3.8) is 0 Å². The summed E-state index contributed by atoms with van der Waals surface area (Å²) >= 11 is 0. The summed E-state index contributed by atoms with van der Waals surface area (Å²) in [4.78, 5) is 11.6. The third-order valence-electron chi connectivity index (χ3n) is 2.52. The van der Waals surface area contributed by atoms with E-state index in [0.717, 1.165) is 17.9 Å². The molecule has 96 valence electrons. The molecule has 0 saturated heterocycles. The molecule has 1 heterocycles. The highest BCUT2D eigenvalue weighted by atomic mass is 16.5. The number of hydrogen-bond donors (Lipinski definition) is 1. The minimum atomic E-state index is -0.655. The van der Waals surface area contributed by atoms with Crippen molar-refractivity contribution in [2.24, 2.45) is 0 Å². The van der Waals surface area contributed by atoms with E-state index < -0.39 is 5.54 Å². The molecular weight excluding hydrogens is 218 g/mol. The zero-order valence-corrected chi connectivity index (χ0v) is 11.0. The Morgan fingerprint density at radius 3 is 2.71 bits per heavy atom. The van der Waals surface area contributed by atoms with Gasteiger partial charge in [0.05, 0.1) is 6.61 Å². The number of nitrogens with one attached hydrogen (secondary N) is 1. The normalized spacial score (nSPS) is 11.5. The minimum Gasteiger partial charge on any atom is -0.466 e. The van der Waals surface area contributed by atoms with Crippen molar-refractivity contribution in [1.82, 2.24) is 5.32 Å². The van der Waals surface area contributed by atoms with Crippen LogP contribution in [-0.2, 0) is 16.0 Å². The Balaban J connectivity index is 2.37. The molecule has 0 atom stereocenters. The fraction of sp³-hybridized carbons (Fsp3) is 0.615. The molecular formula is C13H21NO3. The van der Waals surface area contributed by atoms with Gasteiger partial charge in [-0.15, -0.1) is 0 Å². The van der Waals surface area contributed by atoms with E-state index in [1.807, 2.05) is 32.9 Å². The number of carbonyl (C=O) groups excluding carboxylic acids is 1. The van der Waals surface area contributed by atoms with Crippen molar-refractivity contribution in [2.75, 3.05) is 13.2 Å². The number of ether oxygens (including phenoxy) is 1. The number of carbonyl (C=O) groups is 1. The Kier molecular flexibility index (Phi) is 4.75. The highest BCUT2D eigenvalue weighted by Gasteiger charge is 2.28. The summed E-state index contributed by atoms with van der Waals surface area (Å²) in [6, 6.07) is 3.89. The van der Waals surface area contributed by atoms with E-state index in [4.69, 9.17) is 9.15 Å². The number of rotatable bonds is 6. The Morgan fingerprint density at radius 1 is 1.47 bits per heavy atom. The van der Waals surface area contributed by atoms with Gasteiger partial charge >= 0.3 is 5.97 Å². The third kappa shape index (κ3) is 4.23. The summed E-state index contributed by atoms with van der Waals surface area (Å²) in [5, 5.41) is 3.17. The molecule has 0 aliphatic rings. The van der Waals surface area contributed by atoms with Gasteiger partial charge in [-0.1, -0.05) is 0 Å². The number of esters is 1. The van der Waals surface area contributed by atoms with Gasteiger partial charge in [-0.05, 0) is 39.8 Å². The minimum absolute atomic E-state index is 0.226. The van der Waals surface area contributed by atoms with Gasteiger partial charge in [-0.25, -0.2) is 0 Å². The first kappa shape index (κ1) is 13.8. The van der Waals surface area contributed by atoms with Crippen LogP contribution in [0.15, 0.2) is 16.5 Å². The molecule has 0 saturated carbocycles. The predicted octanol–water partition coefficient (Wildman–Crippen LogP) is 2.06. The highest BCUT2D eigenvalue weighted by Crippen LogP contribution is 2.08. The van der Waals surface area contributed by atoms with Gasteiger partial charge in [0, 0.05) is 13.0 Å². The van der Waals surface area contributed by atoms with Crippen LogP contribution in [0.4, 0.5) is 0 Å². The van der Waals surface area contributed by atoms with E-state index in [0.29, 0.717) is 13.2 Å². The van der Waals surface area contributed by atoms with Crippen molar-refractivity contribution in [3.8, 4) is 0 Å². The monoisotopic (exact) mass is 239 g/mol. The van der Waals surface area contributed by atoms with E-state index in [9.17, 15) is 4.79 Å². The summed E-state index contributed by atoms with van der Waals surface area (Å²) in [6.07, 6.45) is 0.761. The highest BCUT2D eigenvalue weighted by molar-refractivity contribution is 5.79. The van der Waals surface area contributed by atoms with Crippen molar-refractivity contribution >= 4 is 5.97 Å². The van der Waals surface area contributed by atoms with Crippen molar-refractivity contribution < 1.29 is 13.9 Å². The molecule has 0 radical (unpaired) electrons. The Hall–Kier alpha value is -1.29. The van der Waals surface area contributed by atoms with E-state index in [-0.39, 0.29) is 5.97 Å². The molecule has 1 aromatic rings. The standard InChI is InChI=1S/C13H21NO3/c1-5-16-12(15)13(3,4)14-9-8-11-7-6-10(2)17-11/h6-7,14H,5,8-9H2,1-4H3. The molecule has 0 bridgehead atoms. The van der Waals surface area contributed by atoms with Crippen LogP contribution in [0.5, 0.6) is 0 Å². The van der Waals surface area contributed by atoms with Gasteiger partial charge in [0.2, 0.25) is 0 Å². The lowest BCUT2D eigenvalue weighted by atomic mass is 10.1. The van der Waals surface area contributed by atoms with Crippen LogP contribution in [0, 0.1) is 6.92 Å². The number of furan rings is 1. The summed E-state index contributed by atoms with van der Waals surface area (Å²) in [7, 11) is 0. The fourth-order valence-corrected chi connectivity index (χ4v) is 1.50. The quantitative estimate of drug-likeness (QED) is 0.772. The predicted molar refractivity (Wildman–Crippen MR) is 65.9 cm³/mol. The van der Waals surface area contributed by atoms with Gasteiger partial charge in [0.25, 0.3) is 0 Å². The lowest BCUT2D eigenvalue weighted by Crippen LogP contribution is -2.48. The van der Waals surface area contributed by atoms with Gasteiger partial charge in [-0.2, -0.15) is 0 Å². The molecule has 0 aliphatic carbocycles. The average molecular weight is 239 g/mol. The van der Waals surface area contributed by atoms with E-state index >= 15 is 0 Å². The average Bonchev–Trinajstić information content (AvgIpc) is 2.64. The van der Waals surface area contributed by atoms with Crippen LogP contribution in [0.2, 0.25) is 0 Å². The molecule has 0 unspecified atom stereocenters. The fourth-order valence-electron chi connectivity index (χ4n) is 1.50. The molecule has 0 amide bonds. The van der Waals surface area contributed by atoms with Gasteiger partial charge in [-0.3, -0.25) is 4.79 Å². The molecule has 17 heavy (non-hydrogen) atoms. The van der Waals surface area contributed by atoms with Crippen LogP contribution in [0.1, 0.15) is 32.3 Å². The molecule has 1 N–H and O–H groups in total. The van der Waals surface area contributed by atoms with Crippen LogP contribution in [0.3, 0.4) is 0 Å². The Labute approximate surface area is 102 Å². The topological polar surface area (TPSA) is 51.5 Å². The maximum atomic E-state index is 11.6. The summed E-state index contributed by atoms with van der Waals surface area (Å²) < 4.78 is 10.4. The number of hydrogen-bond acceptors (Lipinski definition) is 4. The van der Waals surface area contributed by atoms with Crippen molar-refractivity contribution in [3.05, 3.63) is 23.7 Å². The summed E-state index contributed by atoms with van der Waals surface area (Å²) in [5.74, 6) is 1.61. The maximum absolute atomic E-state index is 11.6. The van der Waals surface area contributed by atoms with Gasteiger partial charge in [0.15, 0.2) is 0 Å². The molecule has 1 aromatic heterocycles. The van der Waals surface area contributed by atoms with Crippen LogP contribution < -0.4 is 5.32 Å². The second-order valence-electron chi connectivity index (χ2n) is 4.53. The molecule has 0 spiro atoms. The molecule has 0 fully saturated rings. The second kappa shape index (κ2) is 5.87. The van der Waals surface area contributed by atoms with E-state index in [2.05, 4.69) is 5.32 Å². The summed E-state index contributed by atoms with van der Waals surface area (Å²) in [6.45, 7) is 8.44. The van der Waals surface area contributed by atoms with E-state index in [1.165, 1.54) is 0 Å². The lowest BCUT2D eigenvalue weighted by molar-refractivity contribution is -0.149. The van der Waals surface area contributed by atoms with E-state index in [1.54, 1.807) is 6.92 Å². The number of aryl methyl sites for hydroxylation is 1. The maximum Gasteiger partial charge on any atom is 0.325 e. The largest absolute Gasteiger partial charge is 0.466 e. The third-order valence-corrected chi connectivity index (χ3v) is 2.52. The lowest BCUT2D eigenvalue weighted by Gasteiger charge is -2.23. The van der Waals surface area contributed by atoms with Gasteiger partial charge < -0.3 is 14.5 Å². The van der Waals surface area contributed by atoms with Crippen LogP contribution >= 0.6 is 0 Å².